The molecular weight excluding hydrogens is 378 g/mol. The first-order valence-electron chi connectivity index (χ1n) is 10.2. The van der Waals surface area contributed by atoms with E-state index < -0.39 is 0 Å². The first kappa shape index (κ1) is 21.6. The molecule has 1 aromatic heterocycles. The number of ketones is 1. The van der Waals surface area contributed by atoms with Gasteiger partial charge in [-0.15, -0.1) is 0 Å². The Kier molecular flexibility index (Phi) is 7.25. The highest BCUT2D eigenvalue weighted by molar-refractivity contribution is 5.94. The molecule has 158 valence electrons. The summed E-state index contributed by atoms with van der Waals surface area (Å²) in [7, 11) is 4.12. The lowest BCUT2D eigenvalue weighted by molar-refractivity contribution is -0.118. The number of aryl methyl sites for hydroxylation is 1. The van der Waals surface area contributed by atoms with Crippen molar-refractivity contribution in [1.82, 2.24) is 9.47 Å². The molecule has 1 N–H and O–H groups in total. The Balaban J connectivity index is 1.52. The number of amides is 1. The van der Waals surface area contributed by atoms with Crippen molar-refractivity contribution in [3.05, 3.63) is 60.3 Å². The van der Waals surface area contributed by atoms with Crippen molar-refractivity contribution in [2.24, 2.45) is 0 Å². The fraction of sp³-hybridized carbons (Fsp3) is 0.333. The monoisotopic (exact) mass is 407 g/mol. The van der Waals surface area contributed by atoms with E-state index in [9.17, 15) is 9.59 Å². The van der Waals surface area contributed by atoms with Crippen LogP contribution in [0.25, 0.3) is 10.9 Å². The Morgan fingerprint density at radius 3 is 2.53 bits per heavy atom. The highest BCUT2D eigenvalue weighted by Crippen LogP contribution is 2.21. The van der Waals surface area contributed by atoms with Crippen molar-refractivity contribution >= 4 is 28.3 Å². The quantitative estimate of drug-likeness (QED) is 0.556. The molecule has 0 bridgehead atoms. The second-order valence-corrected chi connectivity index (χ2v) is 7.77. The molecule has 0 spiro atoms. The normalized spacial score (nSPS) is 11.1. The van der Waals surface area contributed by atoms with E-state index in [1.54, 1.807) is 6.92 Å². The summed E-state index contributed by atoms with van der Waals surface area (Å²) in [5.41, 5.74) is 2.98. The van der Waals surface area contributed by atoms with Gasteiger partial charge in [-0.25, -0.2) is 0 Å². The van der Waals surface area contributed by atoms with Gasteiger partial charge < -0.3 is 24.3 Å². The molecule has 0 saturated carbocycles. The van der Waals surface area contributed by atoms with Gasteiger partial charge in [-0.05, 0) is 69.4 Å². The molecule has 0 radical (unpaired) electrons. The molecule has 0 aliphatic heterocycles. The van der Waals surface area contributed by atoms with Crippen LogP contribution in [0.1, 0.15) is 18.9 Å². The summed E-state index contributed by atoms with van der Waals surface area (Å²) < 4.78 is 7.79. The molecule has 0 aliphatic rings. The summed E-state index contributed by atoms with van der Waals surface area (Å²) >= 11 is 0. The lowest BCUT2D eigenvalue weighted by Crippen LogP contribution is -2.20. The van der Waals surface area contributed by atoms with Crippen LogP contribution < -0.4 is 10.1 Å². The van der Waals surface area contributed by atoms with Gasteiger partial charge in [-0.3, -0.25) is 4.79 Å². The average Bonchev–Trinajstić information content (AvgIpc) is 3.12. The van der Waals surface area contributed by atoms with Gasteiger partial charge >= 0.3 is 0 Å². The number of anilines is 1. The zero-order valence-corrected chi connectivity index (χ0v) is 17.9. The van der Waals surface area contributed by atoms with Crippen molar-refractivity contribution in [2.45, 2.75) is 26.3 Å². The summed E-state index contributed by atoms with van der Waals surface area (Å²) in [5.74, 6) is 0.600. The van der Waals surface area contributed by atoms with Crippen molar-refractivity contribution in [3.8, 4) is 5.75 Å². The van der Waals surface area contributed by atoms with Crippen LogP contribution in [0.2, 0.25) is 0 Å². The number of aromatic nitrogens is 1. The largest absolute Gasteiger partial charge is 0.484 e. The molecular formula is C24H29N3O3. The zero-order valence-electron chi connectivity index (χ0n) is 17.9. The van der Waals surface area contributed by atoms with Crippen LogP contribution in [-0.2, 0) is 22.6 Å². The lowest BCUT2D eigenvalue weighted by Gasteiger charge is -2.12. The van der Waals surface area contributed by atoms with Gasteiger partial charge in [0.15, 0.2) is 6.61 Å². The van der Waals surface area contributed by atoms with Crippen molar-refractivity contribution in [3.63, 3.8) is 0 Å². The molecule has 3 aromatic rings. The van der Waals surface area contributed by atoms with Crippen LogP contribution >= 0.6 is 0 Å². The fourth-order valence-electron chi connectivity index (χ4n) is 3.20. The van der Waals surface area contributed by atoms with Crippen molar-refractivity contribution in [2.75, 3.05) is 32.6 Å². The number of carbonyl (C=O) groups is 2. The number of benzene rings is 2. The Hall–Kier alpha value is -3.12. The molecule has 6 nitrogen and oxygen atoms in total. The Morgan fingerprint density at radius 1 is 1.07 bits per heavy atom. The van der Waals surface area contributed by atoms with Gasteiger partial charge in [0, 0.05) is 42.3 Å². The molecule has 0 saturated heterocycles. The van der Waals surface area contributed by atoms with E-state index in [1.807, 2.05) is 42.5 Å². The Labute approximate surface area is 177 Å². The maximum atomic E-state index is 12.3. The highest BCUT2D eigenvalue weighted by Gasteiger charge is 2.07. The SMILES string of the molecule is CC(=O)CCc1ccc(OCC(=O)Nc2ccc3c(ccn3CCN(C)C)c2)cc1. The molecule has 30 heavy (non-hydrogen) atoms. The van der Waals surface area contributed by atoms with E-state index in [0.29, 0.717) is 12.2 Å². The Bertz CT molecular complexity index is 1010. The van der Waals surface area contributed by atoms with Crippen molar-refractivity contribution < 1.29 is 14.3 Å². The minimum absolute atomic E-state index is 0.0608. The lowest BCUT2D eigenvalue weighted by atomic mass is 10.1. The topological polar surface area (TPSA) is 63.6 Å². The van der Waals surface area contributed by atoms with Crippen LogP contribution in [0.15, 0.2) is 54.7 Å². The molecule has 0 fully saturated rings. The molecule has 1 heterocycles. The fourth-order valence-corrected chi connectivity index (χ4v) is 3.20. The van der Waals surface area contributed by atoms with Gasteiger partial charge in [0.05, 0.1) is 0 Å². The van der Waals surface area contributed by atoms with Gasteiger partial charge in [0.1, 0.15) is 11.5 Å². The molecule has 3 rings (SSSR count). The molecule has 1 amide bonds. The third-order valence-corrected chi connectivity index (χ3v) is 4.90. The minimum Gasteiger partial charge on any atom is -0.484 e. The number of rotatable bonds is 10. The standard InChI is InChI=1S/C24H29N3O3/c1-18(28)4-5-19-6-9-22(10-7-19)30-17-24(29)25-21-8-11-23-20(16-21)12-13-27(23)15-14-26(2)3/h6-13,16H,4-5,14-15,17H2,1-3H3,(H,25,29). The molecule has 0 unspecified atom stereocenters. The van der Waals surface area contributed by atoms with Gasteiger partial charge in [0.2, 0.25) is 0 Å². The summed E-state index contributed by atoms with van der Waals surface area (Å²) in [5, 5.41) is 3.98. The third kappa shape index (κ3) is 6.19. The number of Topliss-reactive ketones (excluding diaryl/α,β-unsaturated/α-hetero) is 1. The second-order valence-electron chi connectivity index (χ2n) is 7.77. The van der Waals surface area contributed by atoms with E-state index in [1.165, 1.54) is 0 Å². The van der Waals surface area contributed by atoms with E-state index in [-0.39, 0.29) is 18.3 Å². The molecule has 2 aromatic carbocycles. The Morgan fingerprint density at radius 2 is 1.83 bits per heavy atom. The molecule has 0 aliphatic carbocycles. The molecule has 6 heteroatoms. The number of hydrogen-bond donors (Lipinski definition) is 1. The number of ether oxygens (including phenoxy) is 1. The predicted octanol–water partition coefficient (Wildman–Crippen LogP) is 3.74. The summed E-state index contributed by atoms with van der Waals surface area (Å²) in [4.78, 5) is 25.5. The highest BCUT2D eigenvalue weighted by atomic mass is 16.5. The maximum absolute atomic E-state index is 12.3. The van der Waals surface area contributed by atoms with Crippen LogP contribution in [0.5, 0.6) is 5.75 Å². The first-order valence-corrected chi connectivity index (χ1v) is 10.2. The summed E-state index contributed by atoms with van der Waals surface area (Å²) in [6.07, 6.45) is 3.32. The number of fused-ring (bicyclic) bond motifs is 1. The smallest absolute Gasteiger partial charge is 0.262 e. The van der Waals surface area contributed by atoms with Crippen LogP contribution in [0.3, 0.4) is 0 Å². The second kappa shape index (κ2) is 10.1. The number of nitrogens with one attached hydrogen (secondary N) is 1. The number of likely N-dealkylation sites (N-methyl/N-ethyl adjacent to an activating group) is 1. The van der Waals surface area contributed by atoms with Gasteiger partial charge in [-0.2, -0.15) is 0 Å². The van der Waals surface area contributed by atoms with Crippen molar-refractivity contribution in [1.29, 1.82) is 0 Å². The number of nitrogens with zero attached hydrogens (tertiary/aromatic N) is 2. The van der Waals surface area contributed by atoms with Crippen LogP contribution in [-0.4, -0.2) is 48.4 Å². The van der Waals surface area contributed by atoms with Gasteiger partial charge in [-0.1, -0.05) is 12.1 Å². The summed E-state index contributed by atoms with van der Waals surface area (Å²) in [6.45, 7) is 3.42. The van der Waals surface area contributed by atoms with E-state index in [0.717, 1.165) is 41.7 Å². The third-order valence-electron chi connectivity index (χ3n) is 4.90. The number of carbonyl (C=O) groups excluding carboxylic acids is 2. The van der Waals surface area contributed by atoms with Gasteiger partial charge in [0.25, 0.3) is 5.91 Å². The van der Waals surface area contributed by atoms with E-state index in [4.69, 9.17) is 4.74 Å². The minimum atomic E-state index is -0.206. The van der Waals surface area contributed by atoms with Crippen LogP contribution in [0, 0.1) is 0 Å². The zero-order chi connectivity index (χ0) is 21.5. The molecule has 0 atom stereocenters. The maximum Gasteiger partial charge on any atom is 0.262 e. The van der Waals surface area contributed by atoms with Crippen LogP contribution in [0.4, 0.5) is 5.69 Å². The van der Waals surface area contributed by atoms with E-state index >= 15 is 0 Å². The predicted molar refractivity (Wildman–Crippen MR) is 120 cm³/mol. The first-order chi connectivity index (χ1) is 14.4. The number of hydrogen-bond acceptors (Lipinski definition) is 4. The summed E-state index contributed by atoms with van der Waals surface area (Å²) in [6, 6.07) is 15.5. The average molecular weight is 408 g/mol. The van der Waals surface area contributed by atoms with E-state index in [2.05, 4.69) is 41.1 Å².